The summed E-state index contributed by atoms with van der Waals surface area (Å²) in [4.78, 5) is 6.52. The predicted molar refractivity (Wildman–Crippen MR) is 87.7 cm³/mol. The van der Waals surface area contributed by atoms with Crippen molar-refractivity contribution >= 4 is 17.7 Å². The molecule has 0 atom stereocenters. The summed E-state index contributed by atoms with van der Waals surface area (Å²) in [7, 11) is 0. The number of thioether (sulfide) groups is 1. The quantitative estimate of drug-likeness (QED) is 0.693. The summed E-state index contributed by atoms with van der Waals surface area (Å²) in [5.74, 6) is 2.51. The average molecular weight is 319 g/mol. The Labute approximate surface area is 133 Å². The number of aromatic nitrogens is 2. The molecule has 1 aromatic carbocycles. The van der Waals surface area contributed by atoms with E-state index in [4.69, 9.17) is 5.73 Å². The molecule has 22 heavy (non-hydrogen) atoms. The topological polar surface area (TPSA) is 59.4 Å². The van der Waals surface area contributed by atoms with E-state index in [0.29, 0.717) is 12.5 Å². The Morgan fingerprint density at radius 3 is 2.68 bits per heavy atom. The third-order valence-electron chi connectivity index (χ3n) is 3.47. The van der Waals surface area contributed by atoms with Crippen LogP contribution in [0.2, 0.25) is 0 Å². The Bertz CT molecular complexity index is 646. The first-order chi connectivity index (χ1) is 10.7. The first-order valence-electron chi connectivity index (χ1n) is 7.15. The molecule has 0 unspecified atom stereocenters. The number of nitrogens with two attached hydrogens (primary N) is 1. The molecule has 1 aliphatic heterocycles. The molecule has 2 heterocycles. The third-order valence-corrected chi connectivity index (χ3v) is 4.42. The molecule has 1 fully saturated rings. The number of guanidine groups is 1. The lowest BCUT2D eigenvalue weighted by atomic mass is 10.3. The number of aliphatic imine (C=N–C) groups is 1. The Morgan fingerprint density at radius 1 is 1.23 bits per heavy atom. The zero-order valence-electron chi connectivity index (χ0n) is 12.2. The van der Waals surface area contributed by atoms with E-state index >= 15 is 0 Å². The Hall–Kier alpha value is -2.02. The average Bonchev–Trinajstić information content (AvgIpc) is 3.03. The van der Waals surface area contributed by atoms with Gasteiger partial charge in [0.05, 0.1) is 17.9 Å². The largest absolute Gasteiger partial charge is 0.370 e. The van der Waals surface area contributed by atoms with Gasteiger partial charge in [0.25, 0.3) is 0 Å². The van der Waals surface area contributed by atoms with Crippen molar-refractivity contribution in [2.24, 2.45) is 10.7 Å². The standard InChI is InChI=1S/C15H18FN5S/c16-12-1-3-14(4-2-12)21-6-5-13(19-21)11-18-15(17)20-7-9-22-10-8-20/h1-6H,7-11H2,(H2,17,18). The highest BCUT2D eigenvalue weighted by Crippen LogP contribution is 2.11. The lowest BCUT2D eigenvalue weighted by Crippen LogP contribution is -2.42. The summed E-state index contributed by atoms with van der Waals surface area (Å²) in [6.45, 7) is 2.34. The van der Waals surface area contributed by atoms with Crippen LogP contribution < -0.4 is 5.73 Å². The molecule has 3 rings (SSSR count). The van der Waals surface area contributed by atoms with Gasteiger partial charge in [0.2, 0.25) is 0 Å². The van der Waals surface area contributed by atoms with Crippen LogP contribution in [0.4, 0.5) is 4.39 Å². The van der Waals surface area contributed by atoms with Crippen molar-refractivity contribution in [2.75, 3.05) is 24.6 Å². The third kappa shape index (κ3) is 3.59. The van der Waals surface area contributed by atoms with Gasteiger partial charge < -0.3 is 10.6 Å². The zero-order valence-corrected chi connectivity index (χ0v) is 13.0. The van der Waals surface area contributed by atoms with Crippen molar-refractivity contribution in [3.63, 3.8) is 0 Å². The minimum Gasteiger partial charge on any atom is -0.370 e. The molecule has 0 bridgehead atoms. The van der Waals surface area contributed by atoms with Gasteiger partial charge in [0.1, 0.15) is 5.82 Å². The van der Waals surface area contributed by atoms with Crippen LogP contribution in [0.5, 0.6) is 0 Å². The molecule has 0 aliphatic carbocycles. The van der Waals surface area contributed by atoms with E-state index in [2.05, 4.69) is 15.0 Å². The fourth-order valence-corrected chi connectivity index (χ4v) is 3.14. The highest BCUT2D eigenvalue weighted by atomic mass is 32.2. The van der Waals surface area contributed by atoms with Gasteiger partial charge in [-0.05, 0) is 30.3 Å². The Kier molecular flexibility index (Phi) is 4.62. The van der Waals surface area contributed by atoms with Crippen LogP contribution in [0, 0.1) is 5.82 Å². The van der Waals surface area contributed by atoms with Crippen molar-refractivity contribution in [3.05, 3.63) is 48.0 Å². The maximum atomic E-state index is 12.9. The van der Waals surface area contributed by atoms with E-state index in [9.17, 15) is 4.39 Å². The molecule has 0 spiro atoms. The minimum atomic E-state index is -0.256. The van der Waals surface area contributed by atoms with E-state index in [0.717, 1.165) is 36.0 Å². The normalized spacial score (nSPS) is 16.0. The first kappa shape index (κ1) is 14.9. The van der Waals surface area contributed by atoms with Crippen molar-refractivity contribution in [1.29, 1.82) is 0 Å². The Balaban J connectivity index is 1.65. The lowest BCUT2D eigenvalue weighted by Gasteiger charge is -2.27. The van der Waals surface area contributed by atoms with Crippen LogP contribution in [-0.4, -0.2) is 45.2 Å². The molecule has 0 saturated carbocycles. The van der Waals surface area contributed by atoms with Crippen molar-refractivity contribution in [2.45, 2.75) is 6.54 Å². The molecule has 1 aliphatic rings. The van der Waals surface area contributed by atoms with Crippen LogP contribution in [0.25, 0.3) is 5.69 Å². The highest BCUT2D eigenvalue weighted by molar-refractivity contribution is 7.99. The number of benzene rings is 1. The number of halogens is 1. The van der Waals surface area contributed by atoms with E-state index in [1.54, 1.807) is 16.8 Å². The van der Waals surface area contributed by atoms with Crippen molar-refractivity contribution in [1.82, 2.24) is 14.7 Å². The summed E-state index contributed by atoms with van der Waals surface area (Å²) in [5, 5.41) is 4.44. The molecule has 0 amide bonds. The van der Waals surface area contributed by atoms with Crippen LogP contribution in [-0.2, 0) is 6.54 Å². The number of hydrogen-bond acceptors (Lipinski definition) is 3. The molecule has 2 aromatic rings. The van der Waals surface area contributed by atoms with Gasteiger partial charge in [-0.2, -0.15) is 16.9 Å². The Morgan fingerprint density at radius 2 is 1.95 bits per heavy atom. The summed E-state index contributed by atoms with van der Waals surface area (Å²) < 4.78 is 14.6. The van der Waals surface area contributed by atoms with Gasteiger partial charge in [-0.15, -0.1) is 0 Å². The van der Waals surface area contributed by atoms with Gasteiger partial charge in [-0.25, -0.2) is 14.1 Å². The fourth-order valence-electron chi connectivity index (χ4n) is 2.24. The lowest BCUT2D eigenvalue weighted by molar-refractivity contribution is 0.455. The summed E-state index contributed by atoms with van der Waals surface area (Å²) in [6, 6.07) is 8.11. The number of nitrogens with zero attached hydrogens (tertiary/aromatic N) is 4. The molecule has 2 N–H and O–H groups in total. The van der Waals surface area contributed by atoms with E-state index in [-0.39, 0.29) is 5.82 Å². The smallest absolute Gasteiger partial charge is 0.191 e. The second-order valence-corrected chi connectivity index (χ2v) is 6.23. The molecule has 1 aromatic heterocycles. The van der Waals surface area contributed by atoms with Gasteiger partial charge in [-0.1, -0.05) is 0 Å². The molecule has 5 nitrogen and oxygen atoms in total. The minimum absolute atomic E-state index is 0.256. The molecular formula is C15H18FN5S. The summed E-state index contributed by atoms with van der Waals surface area (Å²) >= 11 is 1.94. The predicted octanol–water partition coefficient (Wildman–Crippen LogP) is 1.87. The van der Waals surface area contributed by atoms with E-state index in [1.165, 1.54) is 12.1 Å². The van der Waals surface area contributed by atoms with E-state index < -0.39 is 0 Å². The molecule has 1 saturated heterocycles. The van der Waals surface area contributed by atoms with Crippen LogP contribution in [0.3, 0.4) is 0 Å². The number of rotatable bonds is 3. The highest BCUT2D eigenvalue weighted by Gasteiger charge is 2.12. The van der Waals surface area contributed by atoms with Gasteiger partial charge >= 0.3 is 0 Å². The fraction of sp³-hybridized carbons (Fsp3) is 0.333. The summed E-state index contributed by atoms with van der Waals surface area (Å²) in [6.07, 6.45) is 1.84. The van der Waals surface area contributed by atoms with E-state index in [1.807, 2.05) is 24.0 Å². The maximum absolute atomic E-state index is 12.9. The monoisotopic (exact) mass is 319 g/mol. The second-order valence-electron chi connectivity index (χ2n) is 5.00. The summed E-state index contributed by atoms with van der Waals surface area (Å²) in [5.41, 5.74) is 7.67. The van der Waals surface area contributed by atoms with Crippen LogP contribution >= 0.6 is 11.8 Å². The molecule has 0 radical (unpaired) electrons. The molecule has 7 heteroatoms. The molecular weight excluding hydrogens is 301 g/mol. The zero-order chi connectivity index (χ0) is 15.4. The molecule has 116 valence electrons. The van der Waals surface area contributed by atoms with Gasteiger partial charge in [0.15, 0.2) is 5.96 Å². The number of hydrogen-bond donors (Lipinski definition) is 1. The van der Waals surface area contributed by atoms with Crippen molar-refractivity contribution in [3.8, 4) is 5.69 Å². The van der Waals surface area contributed by atoms with Gasteiger partial charge in [0, 0.05) is 30.8 Å². The van der Waals surface area contributed by atoms with Crippen LogP contribution in [0.15, 0.2) is 41.5 Å². The maximum Gasteiger partial charge on any atom is 0.191 e. The SMILES string of the molecule is NC(=NCc1ccn(-c2ccc(F)cc2)n1)N1CCSCC1. The van der Waals surface area contributed by atoms with Crippen LogP contribution in [0.1, 0.15) is 5.69 Å². The van der Waals surface area contributed by atoms with Gasteiger partial charge in [-0.3, -0.25) is 0 Å². The first-order valence-corrected chi connectivity index (χ1v) is 8.31. The second kappa shape index (κ2) is 6.83. The van der Waals surface area contributed by atoms with Crippen molar-refractivity contribution < 1.29 is 4.39 Å².